The van der Waals surface area contributed by atoms with E-state index in [-0.39, 0.29) is 12.6 Å². The Bertz CT molecular complexity index is 540. The first-order chi connectivity index (χ1) is 10.1. The summed E-state index contributed by atoms with van der Waals surface area (Å²) in [7, 11) is 0. The van der Waals surface area contributed by atoms with Crippen molar-refractivity contribution in [3.63, 3.8) is 0 Å². The Morgan fingerprint density at radius 3 is 2.76 bits per heavy atom. The number of aliphatic hydroxyl groups excluding tert-OH is 1. The van der Waals surface area contributed by atoms with Gasteiger partial charge in [0.25, 0.3) is 11.5 Å². The molecule has 2 aliphatic heterocycles. The fourth-order valence-corrected chi connectivity index (χ4v) is 3.38. The lowest BCUT2D eigenvalue weighted by atomic mass is 9.98. The van der Waals surface area contributed by atoms with Crippen molar-refractivity contribution in [2.24, 2.45) is 0 Å². The maximum atomic E-state index is 12.9. The van der Waals surface area contributed by atoms with E-state index in [1.165, 1.54) is 16.0 Å². The summed E-state index contributed by atoms with van der Waals surface area (Å²) in [6.45, 7) is 2.06. The summed E-state index contributed by atoms with van der Waals surface area (Å²) >= 11 is 5.20. The molecule has 3 unspecified atom stereocenters. The van der Waals surface area contributed by atoms with E-state index in [1.807, 2.05) is 12.1 Å². The zero-order valence-corrected chi connectivity index (χ0v) is 12.3. The van der Waals surface area contributed by atoms with Crippen LogP contribution in [0.15, 0.2) is 24.3 Å². The molecule has 1 amide bonds. The van der Waals surface area contributed by atoms with Crippen LogP contribution in [-0.4, -0.2) is 58.2 Å². The number of rotatable bonds is 2. The van der Waals surface area contributed by atoms with Gasteiger partial charge >= 0.3 is 0 Å². The van der Waals surface area contributed by atoms with Crippen molar-refractivity contribution >= 4 is 17.5 Å². The Labute approximate surface area is 128 Å². The quantitative estimate of drug-likeness (QED) is 0.833. The molecule has 0 aliphatic carbocycles. The molecular formula is C15H18ClFN2O2. The number of alkyl halides is 2. The Kier molecular flexibility index (Phi) is 4.15. The summed E-state index contributed by atoms with van der Waals surface area (Å²) < 4.78 is 12.9. The number of carbonyl (C=O) groups excluding carboxylic acids is 1. The van der Waals surface area contributed by atoms with E-state index in [4.69, 9.17) is 11.6 Å². The highest BCUT2D eigenvalue weighted by Crippen LogP contribution is 2.25. The molecule has 1 fully saturated rings. The van der Waals surface area contributed by atoms with Crippen molar-refractivity contribution < 1.29 is 14.3 Å². The second-order valence-electron chi connectivity index (χ2n) is 5.67. The molecule has 1 aromatic carbocycles. The summed E-state index contributed by atoms with van der Waals surface area (Å²) in [5, 5.41) is 10.2. The minimum absolute atomic E-state index is 0.148. The number of β-amino-alcohol motifs (C(OH)–C–C–N with tert-alkyl or cyclic N) is 1. The van der Waals surface area contributed by atoms with Gasteiger partial charge < -0.3 is 10.0 Å². The summed E-state index contributed by atoms with van der Waals surface area (Å²) in [6, 6.07) is 8.08. The minimum atomic E-state index is -2.03. The van der Waals surface area contributed by atoms with Crippen molar-refractivity contribution in [2.75, 3.05) is 19.6 Å². The zero-order valence-electron chi connectivity index (χ0n) is 11.6. The maximum absolute atomic E-state index is 12.9. The fourth-order valence-electron chi connectivity index (χ4n) is 3.25. The topological polar surface area (TPSA) is 43.8 Å². The number of nitrogens with zero attached hydrogens (tertiary/aromatic N) is 2. The Hall–Kier alpha value is -1.17. The second-order valence-corrected chi connectivity index (χ2v) is 6.05. The summed E-state index contributed by atoms with van der Waals surface area (Å²) in [5.74, 6) is -0.754. The highest BCUT2D eigenvalue weighted by atomic mass is 35.5. The van der Waals surface area contributed by atoms with Crippen molar-refractivity contribution in [2.45, 2.75) is 30.7 Å². The Morgan fingerprint density at radius 2 is 2.05 bits per heavy atom. The van der Waals surface area contributed by atoms with Gasteiger partial charge in [-0.05, 0) is 17.5 Å². The van der Waals surface area contributed by atoms with Gasteiger partial charge in [0.05, 0.1) is 12.1 Å². The molecule has 0 aromatic heterocycles. The number of halogens is 2. The molecule has 114 valence electrons. The molecule has 0 bridgehead atoms. The van der Waals surface area contributed by atoms with E-state index < -0.39 is 17.6 Å². The highest BCUT2D eigenvalue weighted by molar-refractivity contribution is 6.29. The molecule has 0 spiro atoms. The molecule has 21 heavy (non-hydrogen) atoms. The third-order valence-electron chi connectivity index (χ3n) is 4.39. The first kappa shape index (κ1) is 14.8. The van der Waals surface area contributed by atoms with Crippen LogP contribution in [-0.2, 0) is 17.8 Å². The van der Waals surface area contributed by atoms with Crippen LogP contribution >= 0.6 is 11.6 Å². The van der Waals surface area contributed by atoms with Gasteiger partial charge in [-0.15, -0.1) is 0 Å². The van der Waals surface area contributed by atoms with Crippen LogP contribution in [0.1, 0.15) is 11.1 Å². The van der Waals surface area contributed by atoms with E-state index in [0.717, 1.165) is 19.5 Å². The summed E-state index contributed by atoms with van der Waals surface area (Å²) in [5.41, 5.74) is 0.554. The Morgan fingerprint density at radius 1 is 1.33 bits per heavy atom. The van der Waals surface area contributed by atoms with Crippen LogP contribution in [0.3, 0.4) is 0 Å². The van der Waals surface area contributed by atoms with Crippen LogP contribution in [0.4, 0.5) is 4.39 Å². The highest BCUT2D eigenvalue weighted by Gasteiger charge is 2.39. The van der Waals surface area contributed by atoms with Gasteiger partial charge in [0.2, 0.25) is 0 Å². The number of benzene rings is 1. The fraction of sp³-hybridized carbons (Fsp3) is 0.533. The smallest absolute Gasteiger partial charge is 0.272 e. The molecule has 3 atom stereocenters. The van der Waals surface area contributed by atoms with Gasteiger partial charge in [-0.25, -0.2) is 4.39 Å². The third kappa shape index (κ3) is 2.91. The first-order valence-electron chi connectivity index (χ1n) is 7.12. The van der Waals surface area contributed by atoms with E-state index in [1.54, 1.807) is 0 Å². The van der Waals surface area contributed by atoms with Gasteiger partial charge in [-0.1, -0.05) is 35.9 Å². The van der Waals surface area contributed by atoms with Crippen molar-refractivity contribution in [3.05, 3.63) is 35.4 Å². The largest absolute Gasteiger partial charge is 0.390 e. The number of hydrogen-bond acceptors (Lipinski definition) is 3. The molecule has 2 heterocycles. The van der Waals surface area contributed by atoms with Gasteiger partial charge in [-0.3, -0.25) is 9.69 Å². The zero-order chi connectivity index (χ0) is 15.0. The molecule has 0 saturated carbocycles. The van der Waals surface area contributed by atoms with E-state index in [9.17, 15) is 14.3 Å². The van der Waals surface area contributed by atoms with Gasteiger partial charge in [0.1, 0.15) is 0 Å². The molecular weight excluding hydrogens is 295 g/mol. The molecule has 0 radical (unpaired) electrons. The van der Waals surface area contributed by atoms with E-state index in [0.29, 0.717) is 6.54 Å². The van der Waals surface area contributed by atoms with Crippen molar-refractivity contribution in [1.82, 2.24) is 9.80 Å². The van der Waals surface area contributed by atoms with Crippen LogP contribution in [0.2, 0.25) is 0 Å². The predicted octanol–water partition coefficient (Wildman–Crippen LogP) is 1.15. The minimum Gasteiger partial charge on any atom is -0.390 e. The number of carbonyl (C=O) groups is 1. The molecule has 1 saturated heterocycles. The summed E-state index contributed by atoms with van der Waals surface area (Å²) in [4.78, 5) is 15.1. The summed E-state index contributed by atoms with van der Waals surface area (Å²) in [6.07, 6.45) is 0.267. The predicted molar refractivity (Wildman–Crippen MR) is 77.7 cm³/mol. The van der Waals surface area contributed by atoms with Crippen LogP contribution < -0.4 is 0 Å². The van der Waals surface area contributed by atoms with Gasteiger partial charge in [0, 0.05) is 26.2 Å². The monoisotopic (exact) mass is 312 g/mol. The number of likely N-dealkylation sites (tertiary alicyclic amines) is 1. The van der Waals surface area contributed by atoms with Crippen molar-refractivity contribution in [1.29, 1.82) is 0 Å². The SMILES string of the molecule is O=C(C(F)Cl)N1CC(O)C(N2CCc3ccccc3C2)C1. The number of fused-ring (bicyclic) bond motifs is 1. The third-order valence-corrected chi connectivity index (χ3v) is 4.57. The lowest BCUT2D eigenvalue weighted by Gasteiger charge is -2.34. The molecule has 3 rings (SSSR count). The first-order valence-corrected chi connectivity index (χ1v) is 7.55. The average molecular weight is 313 g/mol. The number of hydrogen-bond donors (Lipinski definition) is 1. The second kappa shape index (κ2) is 5.91. The van der Waals surface area contributed by atoms with Crippen LogP contribution in [0.5, 0.6) is 0 Å². The maximum Gasteiger partial charge on any atom is 0.272 e. The molecule has 6 heteroatoms. The average Bonchev–Trinajstić information content (AvgIpc) is 2.87. The van der Waals surface area contributed by atoms with Gasteiger partial charge in [0.15, 0.2) is 0 Å². The molecule has 2 aliphatic rings. The standard InChI is InChI=1S/C15H18ClFN2O2/c16-14(17)15(21)19-8-12(13(20)9-19)18-6-5-10-3-1-2-4-11(10)7-18/h1-4,12-14,20H,5-9H2. The Balaban J connectivity index is 1.70. The van der Waals surface area contributed by atoms with Crippen LogP contribution in [0, 0.1) is 0 Å². The number of aliphatic hydroxyl groups is 1. The molecule has 4 nitrogen and oxygen atoms in total. The lowest BCUT2D eigenvalue weighted by Crippen LogP contribution is -2.46. The van der Waals surface area contributed by atoms with Crippen molar-refractivity contribution in [3.8, 4) is 0 Å². The van der Waals surface area contributed by atoms with E-state index in [2.05, 4.69) is 17.0 Å². The van der Waals surface area contributed by atoms with E-state index >= 15 is 0 Å². The molecule has 1 aromatic rings. The normalized spacial score (nSPS) is 27.5. The lowest BCUT2D eigenvalue weighted by molar-refractivity contribution is -0.133. The number of amides is 1. The van der Waals surface area contributed by atoms with Crippen LogP contribution in [0.25, 0.3) is 0 Å². The van der Waals surface area contributed by atoms with Gasteiger partial charge in [-0.2, -0.15) is 0 Å². The molecule has 1 N–H and O–H groups in total.